The van der Waals surface area contributed by atoms with E-state index in [2.05, 4.69) is 11.6 Å². The molecule has 2 nitrogen and oxygen atoms in total. The molecule has 0 spiro atoms. The lowest BCUT2D eigenvalue weighted by atomic mass is 10.4. The first kappa shape index (κ1) is 17.3. The predicted molar refractivity (Wildman–Crippen MR) is 65.0 cm³/mol. The molecule has 0 radical (unpaired) electrons. The standard InChI is InChI=1S/C10H4ClF5O2S2/c11-9(12,13)7(17)19-5-2-1-3-6(4-5)20-8(18)10(14,15)16/h1-4H. The molecule has 0 bridgehead atoms. The zero-order chi connectivity index (χ0) is 15.6. The Morgan fingerprint density at radius 3 is 1.80 bits per heavy atom. The normalized spacial score (nSPS) is 12.3. The minimum atomic E-state index is -5.01. The molecule has 0 atom stereocenters. The van der Waals surface area contributed by atoms with Gasteiger partial charge in [0, 0.05) is 9.79 Å². The Labute approximate surface area is 123 Å². The van der Waals surface area contributed by atoms with E-state index in [0.29, 0.717) is 0 Å². The molecule has 0 amide bonds. The monoisotopic (exact) mass is 350 g/mol. The van der Waals surface area contributed by atoms with Crippen molar-refractivity contribution in [2.45, 2.75) is 21.3 Å². The Morgan fingerprint density at radius 2 is 1.40 bits per heavy atom. The van der Waals surface area contributed by atoms with Gasteiger partial charge in [-0.3, -0.25) is 9.59 Å². The summed E-state index contributed by atoms with van der Waals surface area (Å²) in [5, 5.41) is -7.78. The molecule has 0 saturated heterocycles. The van der Waals surface area contributed by atoms with Crippen LogP contribution in [0.5, 0.6) is 0 Å². The molecule has 20 heavy (non-hydrogen) atoms. The molecule has 110 valence electrons. The average Bonchev–Trinajstić information content (AvgIpc) is 2.26. The summed E-state index contributed by atoms with van der Waals surface area (Å²) in [6.07, 6.45) is -5.01. The van der Waals surface area contributed by atoms with E-state index in [0.717, 1.165) is 6.07 Å². The van der Waals surface area contributed by atoms with Crippen molar-refractivity contribution in [3.63, 3.8) is 0 Å². The Morgan fingerprint density at radius 1 is 0.950 bits per heavy atom. The van der Waals surface area contributed by atoms with Crippen LogP contribution >= 0.6 is 35.1 Å². The summed E-state index contributed by atoms with van der Waals surface area (Å²) >= 11 is 4.47. The highest BCUT2D eigenvalue weighted by Crippen LogP contribution is 2.34. The van der Waals surface area contributed by atoms with Gasteiger partial charge >= 0.3 is 11.6 Å². The molecule has 0 unspecified atom stereocenters. The molecule has 0 saturated carbocycles. The summed E-state index contributed by atoms with van der Waals surface area (Å²) in [4.78, 5) is 21.5. The SMILES string of the molecule is O=C(Sc1cccc(SC(=O)C(F)(F)Cl)c1)C(F)(F)F. The van der Waals surface area contributed by atoms with Crippen LogP contribution in [0, 0.1) is 0 Å². The molecule has 1 aromatic carbocycles. The lowest BCUT2D eigenvalue weighted by Gasteiger charge is -2.07. The van der Waals surface area contributed by atoms with Crippen LogP contribution in [0.3, 0.4) is 0 Å². The minimum absolute atomic E-state index is 0.0460. The average molecular weight is 351 g/mol. The Bertz CT molecular complexity index is 484. The van der Waals surface area contributed by atoms with Gasteiger partial charge in [0.15, 0.2) is 0 Å². The van der Waals surface area contributed by atoms with Crippen LogP contribution in [-0.2, 0) is 9.59 Å². The molecule has 0 aliphatic carbocycles. The van der Waals surface area contributed by atoms with Gasteiger partial charge in [-0.15, -0.1) is 0 Å². The Kier molecular flexibility index (Phi) is 5.45. The van der Waals surface area contributed by atoms with Crippen molar-refractivity contribution < 1.29 is 31.5 Å². The van der Waals surface area contributed by atoms with Crippen molar-refractivity contribution in [3.8, 4) is 0 Å². The number of benzene rings is 1. The van der Waals surface area contributed by atoms with Crippen LogP contribution in [0.15, 0.2) is 34.1 Å². The fourth-order valence-corrected chi connectivity index (χ4v) is 2.45. The molecule has 0 aromatic heterocycles. The van der Waals surface area contributed by atoms with Crippen LogP contribution in [0.25, 0.3) is 0 Å². The second kappa shape index (κ2) is 6.31. The third-order valence-corrected chi connectivity index (χ3v) is 3.81. The predicted octanol–water partition coefficient (Wildman–Crippen LogP) is 4.32. The van der Waals surface area contributed by atoms with E-state index < -0.39 is 21.8 Å². The maximum Gasteiger partial charge on any atom is 0.461 e. The van der Waals surface area contributed by atoms with Gasteiger partial charge in [0.05, 0.1) is 0 Å². The number of alkyl halides is 6. The zero-order valence-electron chi connectivity index (χ0n) is 9.21. The van der Waals surface area contributed by atoms with Crippen LogP contribution in [0.4, 0.5) is 22.0 Å². The van der Waals surface area contributed by atoms with Gasteiger partial charge in [-0.2, -0.15) is 22.0 Å². The molecule has 1 rings (SSSR count). The highest BCUT2D eigenvalue weighted by Gasteiger charge is 2.39. The molecule has 10 heteroatoms. The molecule has 0 aliphatic heterocycles. The van der Waals surface area contributed by atoms with E-state index in [4.69, 9.17) is 0 Å². The fourth-order valence-electron chi connectivity index (χ4n) is 0.931. The van der Waals surface area contributed by atoms with Gasteiger partial charge < -0.3 is 0 Å². The number of carbonyl (C=O) groups is 2. The first-order valence-electron chi connectivity index (χ1n) is 4.68. The van der Waals surface area contributed by atoms with E-state index in [1.807, 2.05) is 0 Å². The number of hydrogen-bond acceptors (Lipinski definition) is 4. The van der Waals surface area contributed by atoms with E-state index in [1.165, 1.54) is 18.2 Å². The van der Waals surface area contributed by atoms with Crippen molar-refractivity contribution in [1.29, 1.82) is 0 Å². The molecule has 0 N–H and O–H groups in total. The van der Waals surface area contributed by atoms with Crippen molar-refractivity contribution >= 4 is 45.4 Å². The summed E-state index contributed by atoms with van der Waals surface area (Å²) in [6.45, 7) is 0. The summed E-state index contributed by atoms with van der Waals surface area (Å²) in [7, 11) is 0. The first-order chi connectivity index (χ1) is 9.00. The highest BCUT2D eigenvalue weighted by molar-refractivity contribution is 8.14. The maximum absolute atomic E-state index is 12.5. The largest absolute Gasteiger partial charge is 0.461 e. The van der Waals surface area contributed by atoms with Crippen molar-refractivity contribution in [3.05, 3.63) is 24.3 Å². The maximum atomic E-state index is 12.5. The van der Waals surface area contributed by atoms with Crippen LogP contribution in [-0.4, -0.2) is 21.8 Å². The van der Waals surface area contributed by atoms with Gasteiger partial charge in [-0.05, 0) is 53.3 Å². The van der Waals surface area contributed by atoms with Crippen LogP contribution in [0.1, 0.15) is 0 Å². The lowest BCUT2D eigenvalue weighted by Crippen LogP contribution is -2.18. The second-order valence-electron chi connectivity index (χ2n) is 3.25. The van der Waals surface area contributed by atoms with Gasteiger partial charge in [-0.25, -0.2) is 0 Å². The zero-order valence-corrected chi connectivity index (χ0v) is 11.6. The van der Waals surface area contributed by atoms with E-state index in [1.54, 1.807) is 0 Å². The molecule has 1 aromatic rings. The number of hydrogen-bond donors (Lipinski definition) is 0. The second-order valence-corrected chi connectivity index (χ2v) is 5.82. The van der Waals surface area contributed by atoms with Crippen molar-refractivity contribution in [2.75, 3.05) is 0 Å². The van der Waals surface area contributed by atoms with Gasteiger partial charge in [0.2, 0.25) is 0 Å². The number of carbonyl (C=O) groups excluding carboxylic acids is 2. The molecule has 0 fully saturated rings. The van der Waals surface area contributed by atoms with Gasteiger partial charge in [0.25, 0.3) is 10.2 Å². The smallest absolute Gasteiger partial charge is 0.278 e. The third-order valence-electron chi connectivity index (χ3n) is 1.69. The Hall–Kier alpha value is -0.800. The van der Waals surface area contributed by atoms with Crippen molar-refractivity contribution in [1.82, 2.24) is 0 Å². The summed E-state index contributed by atoms with van der Waals surface area (Å²) in [5.74, 6) is 0. The summed E-state index contributed by atoms with van der Waals surface area (Å²) in [5.41, 5.74) is 0. The first-order valence-corrected chi connectivity index (χ1v) is 6.69. The lowest BCUT2D eigenvalue weighted by molar-refractivity contribution is -0.160. The molecular formula is C10H4ClF5O2S2. The summed E-state index contributed by atoms with van der Waals surface area (Å²) in [6, 6.07) is 4.66. The topological polar surface area (TPSA) is 34.1 Å². The quantitative estimate of drug-likeness (QED) is 0.462. The number of halogens is 6. The molecular weight excluding hydrogens is 347 g/mol. The van der Waals surface area contributed by atoms with Crippen LogP contribution in [0.2, 0.25) is 0 Å². The molecule has 0 heterocycles. The highest BCUT2D eigenvalue weighted by atomic mass is 35.5. The van der Waals surface area contributed by atoms with Crippen molar-refractivity contribution in [2.24, 2.45) is 0 Å². The van der Waals surface area contributed by atoms with Gasteiger partial charge in [-0.1, -0.05) is 6.07 Å². The van der Waals surface area contributed by atoms with E-state index >= 15 is 0 Å². The Balaban J connectivity index is 2.82. The number of thioether (sulfide) groups is 2. The fraction of sp³-hybridized carbons (Fsp3) is 0.200. The minimum Gasteiger partial charge on any atom is -0.278 e. The third kappa shape index (κ3) is 5.29. The van der Waals surface area contributed by atoms with E-state index in [-0.39, 0.29) is 33.3 Å². The van der Waals surface area contributed by atoms with Crippen LogP contribution < -0.4 is 0 Å². The number of rotatable bonds is 3. The molecule has 0 aliphatic rings. The summed E-state index contributed by atoms with van der Waals surface area (Å²) < 4.78 is 61.1. The van der Waals surface area contributed by atoms with E-state index in [9.17, 15) is 31.5 Å². The van der Waals surface area contributed by atoms with Gasteiger partial charge in [0.1, 0.15) is 0 Å².